The molecular weight excluding hydrogens is 247 g/mol. The van der Waals surface area contributed by atoms with Crippen molar-refractivity contribution in [3.8, 4) is 0 Å². The molecule has 1 N–H and O–H groups in total. The summed E-state index contributed by atoms with van der Waals surface area (Å²) in [5.74, 6) is 0.596. The molecule has 0 saturated carbocycles. The first-order valence-corrected chi connectivity index (χ1v) is 6.34. The van der Waals surface area contributed by atoms with Crippen LogP contribution in [-0.4, -0.2) is 9.97 Å². The Hall–Kier alpha value is -1.55. The van der Waals surface area contributed by atoms with Crippen molar-refractivity contribution in [3.05, 3.63) is 57.4 Å². The number of hydrogen-bond donors (Lipinski definition) is 1. The van der Waals surface area contributed by atoms with E-state index in [2.05, 4.69) is 16.9 Å². The third-order valence-corrected chi connectivity index (χ3v) is 3.26. The first-order chi connectivity index (χ1) is 8.60. The molecule has 0 aliphatic rings. The van der Waals surface area contributed by atoms with E-state index in [1.54, 1.807) is 12.1 Å². The van der Waals surface area contributed by atoms with Crippen LogP contribution < -0.4 is 0 Å². The van der Waals surface area contributed by atoms with Crippen molar-refractivity contribution in [3.63, 3.8) is 0 Å². The van der Waals surface area contributed by atoms with Gasteiger partial charge in [0, 0.05) is 17.7 Å². The van der Waals surface area contributed by atoms with Crippen LogP contribution in [-0.2, 0) is 12.8 Å². The molecule has 0 aliphatic carbocycles. The van der Waals surface area contributed by atoms with Gasteiger partial charge in [0.15, 0.2) is 0 Å². The third-order valence-electron chi connectivity index (χ3n) is 2.92. The van der Waals surface area contributed by atoms with Crippen molar-refractivity contribution in [1.82, 2.24) is 9.97 Å². The zero-order chi connectivity index (χ0) is 13.1. The lowest BCUT2D eigenvalue weighted by atomic mass is 10.1. The van der Waals surface area contributed by atoms with Crippen molar-refractivity contribution in [2.75, 3.05) is 0 Å². The van der Waals surface area contributed by atoms with E-state index < -0.39 is 0 Å². The van der Waals surface area contributed by atoms with Crippen LogP contribution in [0.1, 0.15) is 29.6 Å². The molecule has 18 heavy (non-hydrogen) atoms. The van der Waals surface area contributed by atoms with Crippen molar-refractivity contribution >= 4 is 12.2 Å². The summed E-state index contributed by atoms with van der Waals surface area (Å²) in [6.07, 6.45) is 1.51. The summed E-state index contributed by atoms with van der Waals surface area (Å²) in [7, 11) is 0. The van der Waals surface area contributed by atoms with E-state index >= 15 is 0 Å². The molecule has 2 aromatic rings. The molecule has 94 valence electrons. The van der Waals surface area contributed by atoms with Crippen LogP contribution in [0.4, 0.5) is 4.39 Å². The Kier molecular flexibility index (Phi) is 3.87. The van der Waals surface area contributed by atoms with Crippen LogP contribution in [0.2, 0.25) is 0 Å². The van der Waals surface area contributed by atoms with Crippen LogP contribution in [0.15, 0.2) is 24.3 Å². The summed E-state index contributed by atoms with van der Waals surface area (Å²) >= 11 is 5.27. The molecule has 0 radical (unpaired) electrons. The SMILES string of the molecule is CCc1c(C)[nH]c(Cc2ccc(F)cc2)nc1=S. The van der Waals surface area contributed by atoms with E-state index in [9.17, 15) is 4.39 Å². The first kappa shape index (κ1) is 12.9. The number of rotatable bonds is 3. The van der Waals surface area contributed by atoms with E-state index in [0.29, 0.717) is 11.1 Å². The summed E-state index contributed by atoms with van der Waals surface area (Å²) in [6.45, 7) is 4.07. The van der Waals surface area contributed by atoms with Crippen molar-refractivity contribution in [2.45, 2.75) is 26.7 Å². The maximum absolute atomic E-state index is 12.8. The van der Waals surface area contributed by atoms with Gasteiger partial charge < -0.3 is 4.98 Å². The highest BCUT2D eigenvalue weighted by Gasteiger charge is 2.04. The molecule has 0 amide bonds. The van der Waals surface area contributed by atoms with E-state index in [1.165, 1.54) is 12.1 Å². The summed E-state index contributed by atoms with van der Waals surface area (Å²) in [4.78, 5) is 7.65. The minimum absolute atomic E-state index is 0.225. The summed E-state index contributed by atoms with van der Waals surface area (Å²) in [5, 5.41) is 0. The molecule has 0 bridgehead atoms. The van der Waals surface area contributed by atoms with Gasteiger partial charge in [-0.1, -0.05) is 31.3 Å². The number of nitrogens with one attached hydrogen (secondary N) is 1. The fourth-order valence-corrected chi connectivity index (χ4v) is 2.37. The minimum atomic E-state index is -0.225. The quantitative estimate of drug-likeness (QED) is 0.854. The molecule has 0 saturated heterocycles. The number of aryl methyl sites for hydroxylation is 1. The van der Waals surface area contributed by atoms with Gasteiger partial charge in [-0.3, -0.25) is 0 Å². The first-order valence-electron chi connectivity index (χ1n) is 5.93. The highest BCUT2D eigenvalue weighted by Crippen LogP contribution is 2.11. The maximum Gasteiger partial charge on any atom is 0.133 e. The number of aromatic nitrogens is 2. The zero-order valence-corrected chi connectivity index (χ0v) is 11.3. The monoisotopic (exact) mass is 262 g/mol. The van der Waals surface area contributed by atoms with Gasteiger partial charge in [-0.05, 0) is 31.0 Å². The lowest BCUT2D eigenvalue weighted by Gasteiger charge is -2.07. The van der Waals surface area contributed by atoms with E-state index in [-0.39, 0.29) is 5.82 Å². The van der Waals surface area contributed by atoms with Gasteiger partial charge in [0.1, 0.15) is 16.3 Å². The maximum atomic E-state index is 12.8. The summed E-state index contributed by atoms with van der Waals surface area (Å²) < 4.78 is 13.5. The number of H-pyrrole nitrogens is 1. The van der Waals surface area contributed by atoms with E-state index in [0.717, 1.165) is 29.1 Å². The van der Waals surface area contributed by atoms with Crippen LogP contribution in [0, 0.1) is 17.4 Å². The second kappa shape index (κ2) is 5.40. The second-order valence-electron chi connectivity index (χ2n) is 4.25. The highest BCUT2D eigenvalue weighted by molar-refractivity contribution is 7.71. The van der Waals surface area contributed by atoms with E-state index in [1.807, 2.05) is 6.92 Å². The largest absolute Gasteiger partial charge is 0.347 e. The lowest BCUT2D eigenvalue weighted by molar-refractivity contribution is 0.627. The normalized spacial score (nSPS) is 10.6. The van der Waals surface area contributed by atoms with Gasteiger partial charge in [-0.15, -0.1) is 0 Å². The molecule has 0 unspecified atom stereocenters. The van der Waals surface area contributed by atoms with Crippen molar-refractivity contribution in [2.24, 2.45) is 0 Å². The van der Waals surface area contributed by atoms with Crippen molar-refractivity contribution in [1.29, 1.82) is 0 Å². The van der Waals surface area contributed by atoms with Crippen LogP contribution in [0.3, 0.4) is 0 Å². The molecular formula is C14H15FN2S. The topological polar surface area (TPSA) is 28.7 Å². The van der Waals surface area contributed by atoms with Crippen LogP contribution >= 0.6 is 12.2 Å². The van der Waals surface area contributed by atoms with Gasteiger partial charge in [0.05, 0.1) is 0 Å². The van der Waals surface area contributed by atoms with Gasteiger partial charge in [-0.2, -0.15) is 0 Å². The Morgan fingerprint density at radius 2 is 1.94 bits per heavy atom. The average molecular weight is 262 g/mol. The predicted molar refractivity (Wildman–Crippen MR) is 72.7 cm³/mol. The van der Waals surface area contributed by atoms with Gasteiger partial charge in [0.2, 0.25) is 0 Å². The van der Waals surface area contributed by atoms with Gasteiger partial charge >= 0.3 is 0 Å². The molecule has 0 spiro atoms. The van der Waals surface area contributed by atoms with Gasteiger partial charge in [0.25, 0.3) is 0 Å². The smallest absolute Gasteiger partial charge is 0.133 e. The molecule has 2 rings (SSSR count). The number of nitrogens with zero attached hydrogens (tertiary/aromatic N) is 1. The number of benzene rings is 1. The Labute approximate surface area is 111 Å². The Balaban J connectivity index is 2.30. The molecule has 1 aromatic heterocycles. The molecule has 1 aromatic carbocycles. The van der Waals surface area contributed by atoms with Crippen LogP contribution in [0.5, 0.6) is 0 Å². The molecule has 0 aliphatic heterocycles. The molecule has 0 atom stereocenters. The number of halogens is 1. The molecule has 1 heterocycles. The van der Waals surface area contributed by atoms with Crippen LogP contribution in [0.25, 0.3) is 0 Å². The van der Waals surface area contributed by atoms with E-state index in [4.69, 9.17) is 12.2 Å². The molecule has 4 heteroatoms. The molecule has 0 fully saturated rings. The van der Waals surface area contributed by atoms with Gasteiger partial charge in [-0.25, -0.2) is 9.37 Å². The zero-order valence-electron chi connectivity index (χ0n) is 10.5. The Morgan fingerprint density at radius 3 is 2.50 bits per heavy atom. The third kappa shape index (κ3) is 2.82. The number of aromatic amines is 1. The summed E-state index contributed by atoms with van der Waals surface area (Å²) in [6, 6.07) is 6.43. The predicted octanol–water partition coefficient (Wildman–Crippen LogP) is 3.74. The highest BCUT2D eigenvalue weighted by atomic mass is 32.1. The Morgan fingerprint density at radius 1 is 1.28 bits per heavy atom. The number of hydrogen-bond acceptors (Lipinski definition) is 2. The lowest BCUT2D eigenvalue weighted by Crippen LogP contribution is -2.03. The Bertz CT molecular complexity index is 602. The average Bonchev–Trinajstić information content (AvgIpc) is 2.32. The minimum Gasteiger partial charge on any atom is -0.347 e. The standard InChI is InChI=1S/C14H15FN2S/c1-3-12-9(2)16-13(17-14(12)18)8-10-4-6-11(15)7-5-10/h4-7H,3,8H2,1-2H3,(H,16,17,18). The fraction of sp³-hybridized carbons (Fsp3) is 0.286. The molecule has 2 nitrogen and oxygen atoms in total. The second-order valence-corrected chi connectivity index (χ2v) is 4.64. The summed E-state index contributed by atoms with van der Waals surface area (Å²) in [5.41, 5.74) is 3.17. The van der Waals surface area contributed by atoms with Crippen molar-refractivity contribution < 1.29 is 4.39 Å². The fourth-order valence-electron chi connectivity index (χ4n) is 1.97.